The molecular weight excluding hydrogens is 270 g/mol. The second-order valence-corrected chi connectivity index (χ2v) is 6.68. The molecule has 0 N–H and O–H groups in total. The van der Waals surface area contributed by atoms with Crippen LogP contribution in [0.3, 0.4) is 0 Å². The van der Waals surface area contributed by atoms with Gasteiger partial charge in [0.2, 0.25) is 5.91 Å². The predicted molar refractivity (Wildman–Crippen MR) is 74.3 cm³/mol. The minimum Gasteiger partial charge on any atom is -0.469 e. The summed E-state index contributed by atoms with van der Waals surface area (Å²) in [6.07, 6.45) is 9.42. The Morgan fingerprint density at radius 1 is 1.38 bits per heavy atom. The zero-order valence-electron chi connectivity index (χ0n) is 12.3. The Kier molecular flexibility index (Phi) is 2.89. The fraction of sp³-hybridized carbons (Fsp3) is 0.750. The number of carbonyl (C=O) groups excluding carboxylic acids is 2. The Morgan fingerprint density at radius 2 is 2.14 bits per heavy atom. The Labute approximate surface area is 124 Å². The molecule has 4 unspecified atom stereocenters. The van der Waals surface area contributed by atoms with Gasteiger partial charge in [0.25, 0.3) is 0 Å². The van der Waals surface area contributed by atoms with Crippen LogP contribution in [0.1, 0.15) is 32.1 Å². The van der Waals surface area contributed by atoms with Crippen LogP contribution in [-0.4, -0.2) is 48.2 Å². The van der Waals surface area contributed by atoms with Gasteiger partial charge in [-0.2, -0.15) is 0 Å². The fourth-order valence-corrected chi connectivity index (χ4v) is 4.64. The molecule has 4 aliphatic rings. The average Bonchev–Trinajstić information content (AvgIpc) is 3.16. The smallest absolute Gasteiger partial charge is 0.312 e. The molecule has 3 heterocycles. The topological polar surface area (TPSA) is 55.8 Å². The van der Waals surface area contributed by atoms with E-state index in [1.165, 1.54) is 26.4 Å². The first kappa shape index (κ1) is 13.3. The standard InChI is InChI=1S/C16H21NO4/c1-20-15(19)12-11-7-8-16(21-11)9-17(14(18)13(12)16)10-5-3-2-4-6-10/h7-8,10-13H,2-6,9H2,1H3. The first-order valence-electron chi connectivity index (χ1n) is 7.92. The molecule has 2 bridgehead atoms. The lowest BCUT2D eigenvalue weighted by Gasteiger charge is -2.32. The highest BCUT2D eigenvalue weighted by Crippen LogP contribution is 2.53. The molecule has 4 atom stereocenters. The third-order valence-corrected chi connectivity index (χ3v) is 5.62. The normalized spacial score (nSPS) is 41.7. The van der Waals surface area contributed by atoms with E-state index >= 15 is 0 Å². The summed E-state index contributed by atoms with van der Waals surface area (Å²) < 4.78 is 10.9. The van der Waals surface area contributed by atoms with Crippen molar-refractivity contribution in [3.8, 4) is 0 Å². The summed E-state index contributed by atoms with van der Waals surface area (Å²) in [4.78, 5) is 26.9. The van der Waals surface area contributed by atoms with Crippen molar-refractivity contribution in [3.05, 3.63) is 12.2 Å². The minimum atomic E-state index is -0.585. The molecule has 0 aromatic rings. The van der Waals surface area contributed by atoms with E-state index in [-0.39, 0.29) is 23.9 Å². The summed E-state index contributed by atoms with van der Waals surface area (Å²) in [6, 6.07) is 0.320. The van der Waals surface area contributed by atoms with E-state index < -0.39 is 11.5 Å². The number of amides is 1. The quantitative estimate of drug-likeness (QED) is 0.568. The third-order valence-electron chi connectivity index (χ3n) is 5.62. The second kappa shape index (κ2) is 4.57. The van der Waals surface area contributed by atoms with E-state index in [9.17, 15) is 9.59 Å². The number of ether oxygens (including phenoxy) is 2. The largest absolute Gasteiger partial charge is 0.469 e. The molecule has 114 valence electrons. The van der Waals surface area contributed by atoms with Gasteiger partial charge in [0, 0.05) is 6.04 Å². The van der Waals surface area contributed by atoms with E-state index in [1.54, 1.807) is 0 Å². The van der Waals surface area contributed by atoms with Crippen LogP contribution in [0.5, 0.6) is 0 Å². The fourth-order valence-electron chi connectivity index (χ4n) is 4.64. The average molecular weight is 291 g/mol. The number of fused-ring (bicyclic) bond motifs is 1. The highest BCUT2D eigenvalue weighted by Gasteiger charge is 2.67. The molecule has 0 aromatic carbocycles. The number of esters is 1. The summed E-state index contributed by atoms with van der Waals surface area (Å²) in [6.45, 7) is 0.599. The molecule has 1 amide bonds. The van der Waals surface area contributed by atoms with Crippen LogP contribution >= 0.6 is 0 Å². The highest BCUT2D eigenvalue weighted by molar-refractivity contribution is 5.91. The highest BCUT2D eigenvalue weighted by atomic mass is 16.5. The summed E-state index contributed by atoms with van der Waals surface area (Å²) in [5.41, 5.74) is -0.585. The van der Waals surface area contributed by atoms with Crippen LogP contribution in [0.15, 0.2) is 12.2 Å². The van der Waals surface area contributed by atoms with Crippen molar-refractivity contribution >= 4 is 11.9 Å². The van der Waals surface area contributed by atoms with Crippen molar-refractivity contribution in [2.45, 2.75) is 49.9 Å². The van der Waals surface area contributed by atoms with Crippen LogP contribution in [0.4, 0.5) is 0 Å². The molecule has 1 aliphatic carbocycles. The lowest BCUT2D eigenvalue weighted by atomic mass is 9.77. The number of likely N-dealkylation sites (tertiary alicyclic amines) is 1. The molecule has 5 nitrogen and oxygen atoms in total. The van der Waals surface area contributed by atoms with Crippen LogP contribution in [-0.2, 0) is 19.1 Å². The molecule has 3 aliphatic heterocycles. The van der Waals surface area contributed by atoms with E-state index in [4.69, 9.17) is 9.47 Å². The van der Waals surface area contributed by atoms with Gasteiger partial charge >= 0.3 is 5.97 Å². The van der Waals surface area contributed by atoms with Gasteiger partial charge in [-0.1, -0.05) is 31.4 Å². The number of nitrogens with zero attached hydrogens (tertiary/aromatic N) is 1. The SMILES string of the molecule is COC(=O)C1C2C=CC3(CN(C4CCCCC4)C(=O)C13)O2. The summed E-state index contributed by atoms with van der Waals surface area (Å²) in [5, 5.41) is 0. The first-order chi connectivity index (χ1) is 10.2. The van der Waals surface area contributed by atoms with Crippen molar-refractivity contribution in [1.82, 2.24) is 4.90 Å². The summed E-state index contributed by atoms with van der Waals surface area (Å²) in [7, 11) is 1.38. The van der Waals surface area contributed by atoms with Crippen molar-refractivity contribution in [1.29, 1.82) is 0 Å². The molecule has 2 saturated heterocycles. The molecular formula is C16H21NO4. The molecule has 0 radical (unpaired) electrons. The van der Waals surface area contributed by atoms with Gasteiger partial charge in [-0.05, 0) is 12.8 Å². The lowest BCUT2D eigenvalue weighted by Crippen LogP contribution is -2.42. The number of rotatable bonds is 2. The minimum absolute atomic E-state index is 0.0872. The zero-order chi connectivity index (χ0) is 14.6. The first-order valence-corrected chi connectivity index (χ1v) is 7.92. The lowest BCUT2D eigenvalue weighted by molar-refractivity contribution is -0.151. The Balaban J connectivity index is 1.63. The maximum Gasteiger partial charge on any atom is 0.312 e. The van der Waals surface area contributed by atoms with Gasteiger partial charge in [0.05, 0.1) is 25.7 Å². The van der Waals surface area contributed by atoms with Gasteiger partial charge in [-0.15, -0.1) is 0 Å². The maximum atomic E-state index is 12.9. The van der Waals surface area contributed by atoms with Crippen LogP contribution in [0, 0.1) is 11.8 Å². The number of hydrogen-bond donors (Lipinski definition) is 0. The van der Waals surface area contributed by atoms with Gasteiger partial charge in [-0.25, -0.2) is 0 Å². The van der Waals surface area contributed by atoms with E-state index in [2.05, 4.69) is 0 Å². The number of carbonyl (C=O) groups is 2. The van der Waals surface area contributed by atoms with Crippen molar-refractivity contribution in [2.75, 3.05) is 13.7 Å². The second-order valence-electron chi connectivity index (χ2n) is 6.68. The molecule has 4 rings (SSSR count). The number of hydrogen-bond acceptors (Lipinski definition) is 4. The monoisotopic (exact) mass is 291 g/mol. The molecule has 1 spiro atoms. The number of methoxy groups -OCH3 is 1. The molecule has 0 aromatic heterocycles. The molecule has 21 heavy (non-hydrogen) atoms. The Bertz CT molecular complexity index is 510. The third kappa shape index (κ3) is 1.73. The van der Waals surface area contributed by atoms with Crippen molar-refractivity contribution in [3.63, 3.8) is 0 Å². The van der Waals surface area contributed by atoms with Gasteiger partial charge < -0.3 is 14.4 Å². The van der Waals surface area contributed by atoms with E-state index in [0.717, 1.165) is 12.8 Å². The molecule has 3 fully saturated rings. The van der Waals surface area contributed by atoms with E-state index in [0.29, 0.717) is 12.6 Å². The summed E-state index contributed by atoms with van der Waals surface area (Å²) in [5.74, 6) is -1.10. The van der Waals surface area contributed by atoms with Crippen molar-refractivity contribution < 1.29 is 19.1 Å². The van der Waals surface area contributed by atoms with Gasteiger partial charge in [0.1, 0.15) is 11.5 Å². The molecule has 1 saturated carbocycles. The molecule has 5 heteroatoms. The van der Waals surface area contributed by atoms with Crippen LogP contribution in [0.25, 0.3) is 0 Å². The van der Waals surface area contributed by atoms with Gasteiger partial charge in [-0.3, -0.25) is 9.59 Å². The van der Waals surface area contributed by atoms with Crippen LogP contribution in [0.2, 0.25) is 0 Å². The summed E-state index contributed by atoms with van der Waals surface area (Å²) >= 11 is 0. The van der Waals surface area contributed by atoms with Gasteiger partial charge in [0.15, 0.2) is 0 Å². The predicted octanol–water partition coefficient (Wildman–Crippen LogP) is 1.27. The van der Waals surface area contributed by atoms with E-state index in [1.807, 2.05) is 17.1 Å². The van der Waals surface area contributed by atoms with Crippen LogP contribution < -0.4 is 0 Å². The Hall–Kier alpha value is -1.36. The van der Waals surface area contributed by atoms with Crippen molar-refractivity contribution in [2.24, 2.45) is 11.8 Å². The maximum absolute atomic E-state index is 12.9. The Morgan fingerprint density at radius 3 is 2.86 bits per heavy atom. The zero-order valence-corrected chi connectivity index (χ0v) is 12.3.